The van der Waals surface area contributed by atoms with Gasteiger partial charge in [0, 0.05) is 6.54 Å². The summed E-state index contributed by atoms with van der Waals surface area (Å²) < 4.78 is 0. The van der Waals surface area contributed by atoms with Crippen molar-refractivity contribution in [2.45, 2.75) is 70.3 Å². The Labute approximate surface area is 106 Å². The van der Waals surface area contributed by atoms with Crippen LogP contribution in [0.3, 0.4) is 0 Å². The van der Waals surface area contributed by atoms with E-state index in [2.05, 4.69) is 12.2 Å². The number of rotatable bonds is 5. The third kappa shape index (κ3) is 3.96. The lowest BCUT2D eigenvalue weighted by Crippen LogP contribution is -2.40. The van der Waals surface area contributed by atoms with Gasteiger partial charge in [0.25, 0.3) is 0 Å². The Hall–Kier alpha value is -0.0800. The molecule has 0 amide bonds. The molecule has 0 bridgehead atoms. The van der Waals surface area contributed by atoms with E-state index in [4.69, 9.17) is 0 Å². The minimum absolute atomic E-state index is 0.374. The molecule has 100 valence electrons. The molecule has 0 aromatic heterocycles. The highest BCUT2D eigenvalue weighted by atomic mass is 16.3. The van der Waals surface area contributed by atoms with Gasteiger partial charge in [0.05, 0.1) is 5.60 Å². The number of hydrogen-bond acceptors (Lipinski definition) is 2. The van der Waals surface area contributed by atoms with Crippen LogP contribution in [0.5, 0.6) is 0 Å². The Kier molecular flexibility index (Phi) is 4.87. The van der Waals surface area contributed by atoms with Gasteiger partial charge >= 0.3 is 0 Å². The molecule has 2 aliphatic rings. The van der Waals surface area contributed by atoms with Crippen LogP contribution in [-0.2, 0) is 0 Å². The van der Waals surface area contributed by atoms with Crippen LogP contribution in [0.25, 0.3) is 0 Å². The first kappa shape index (κ1) is 13.4. The van der Waals surface area contributed by atoms with Crippen LogP contribution in [-0.4, -0.2) is 23.8 Å². The van der Waals surface area contributed by atoms with Gasteiger partial charge < -0.3 is 10.4 Å². The minimum atomic E-state index is -0.374. The summed E-state index contributed by atoms with van der Waals surface area (Å²) in [6.07, 6.45) is 11.4. The van der Waals surface area contributed by atoms with Crippen molar-refractivity contribution < 1.29 is 5.11 Å². The second-order valence-corrected chi connectivity index (χ2v) is 6.36. The zero-order chi connectivity index (χ0) is 12.1. The van der Waals surface area contributed by atoms with Crippen molar-refractivity contribution in [1.29, 1.82) is 0 Å². The highest BCUT2D eigenvalue weighted by molar-refractivity contribution is 4.86. The van der Waals surface area contributed by atoms with Crippen molar-refractivity contribution in [3.05, 3.63) is 0 Å². The van der Waals surface area contributed by atoms with Crippen molar-refractivity contribution in [2.24, 2.45) is 11.8 Å². The van der Waals surface area contributed by atoms with E-state index in [-0.39, 0.29) is 5.60 Å². The van der Waals surface area contributed by atoms with Crippen LogP contribution in [0, 0.1) is 11.8 Å². The Morgan fingerprint density at radius 3 is 2.24 bits per heavy atom. The fraction of sp³-hybridized carbons (Fsp3) is 1.00. The quantitative estimate of drug-likeness (QED) is 0.772. The highest BCUT2D eigenvalue weighted by Crippen LogP contribution is 2.31. The van der Waals surface area contributed by atoms with Crippen molar-refractivity contribution in [3.63, 3.8) is 0 Å². The molecule has 2 rings (SSSR count). The summed E-state index contributed by atoms with van der Waals surface area (Å²) in [4.78, 5) is 0. The summed E-state index contributed by atoms with van der Waals surface area (Å²) in [5.74, 6) is 1.85. The van der Waals surface area contributed by atoms with Crippen molar-refractivity contribution >= 4 is 0 Å². The molecule has 0 radical (unpaired) electrons. The van der Waals surface area contributed by atoms with Crippen LogP contribution in [0.2, 0.25) is 0 Å². The first-order chi connectivity index (χ1) is 8.22. The van der Waals surface area contributed by atoms with E-state index in [0.717, 1.165) is 37.8 Å². The standard InChI is InChI=1S/C15H29NO/c1-2-13-5-7-14(8-6-13)11-16-12-15(17)9-3-4-10-15/h13-14,16-17H,2-12H2,1H3. The molecule has 0 heterocycles. The van der Waals surface area contributed by atoms with E-state index in [1.54, 1.807) is 0 Å². The van der Waals surface area contributed by atoms with Crippen molar-refractivity contribution in [2.75, 3.05) is 13.1 Å². The maximum Gasteiger partial charge on any atom is 0.0771 e. The lowest BCUT2D eigenvalue weighted by molar-refractivity contribution is 0.0462. The van der Waals surface area contributed by atoms with E-state index in [9.17, 15) is 5.11 Å². The molecule has 0 spiro atoms. The van der Waals surface area contributed by atoms with Gasteiger partial charge in [0.2, 0.25) is 0 Å². The number of aliphatic hydroxyl groups is 1. The van der Waals surface area contributed by atoms with E-state index in [0.29, 0.717) is 0 Å². The lowest BCUT2D eigenvalue weighted by atomic mass is 9.81. The first-order valence-corrected chi connectivity index (χ1v) is 7.65. The molecular formula is C15H29NO. The fourth-order valence-electron chi connectivity index (χ4n) is 3.56. The average molecular weight is 239 g/mol. The molecule has 0 atom stereocenters. The van der Waals surface area contributed by atoms with E-state index in [1.807, 2.05) is 0 Å². The molecule has 2 nitrogen and oxygen atoms in total. The van der Waals surface area contributed by atoms with E-state index < -0.39 is 0 Å². The Bertz CT molecular complexity index is 215. The monoisotopic (exact) mass is 239 g/mol. The smallest absolute Gasteiger partial charge is 0.0771 e. The highest BCUT2D eigenvalue weighted by Gasteiger charge is 2.30. The van der Waals surface area contributed by atoms with E-state index in [1.165, 1.54) is 44.9 Å². The SMILES string of the molecule is CCC1CCC(CNCC2(O)CCCC2)CC1. The van der Waals surface area contributed by atoms with Crippen molar-refractivity contribution in [1.82, 2.24) is 5.32 Å². The normalized spacial score (nSPS) is 32.8. The topological polar surface area (TPSA) is 32.3 Å². The van der Waals surface area contributed by atoms with Gasteiger partial charge in [-0.25, -0.2) is 0 Å². The second-order valence-electron chi connectivity index (χ2n) is 6.36. The summed E-state index contributed by atoms with van der Waals surface area (Å²) in [5, 5.41) is 13.8. The maximum atomic E-state index is 10.2. The third-order valence-corrected chi connectivity index (χ3v) is 4.97. The van der Waals surface area contributed by atoms with Crippen LogP contribution in [0.15, 0.2) is 0 Å². The number of hydrogen-bond donors (Lipinski definition) is 2. The molecule has 0 saturated heterocycles. The molecule has 2 saturated carbocycles. The molecular weight excluding hydrogens is 210 g/mol. The molecule has 0 unspecified atom stereocenters. The van der Waals surface area contributed by atoms with Gasteiger partial charge in [-0.3, -0.25) is 0 Å². The molecule has 17 heavy (non-hydrogen) atoms. The summed E-state index contributed by atoms with van der Waals surface area (Å²) in [6.45, 7) is 4.26. The summed E-state index contributed by atoms with van der Waals surface area (Å²) in [7, 11) is 0. The molecule has 0 aromatic carbocycles. The molecule has 0 aliphatic heterocycles. The van der Waals surface area contributed by atoms with Gasteiger partial charge in [0.15, 0.2) is 0 Å². The Morgan fingerprint density at radius 2 is 1.65 bits per heavy atom. The predicted octanol–water partition coefficient (Wildman–Crippen LogP) is 3.10. The van der Waals surface area contributed by atoms with Crippen LogP contribution >= 0.6 is 0 Å². The van der Waals surface area contributed by atoms with Crippen LogP contribution in [0.4, 0.5) is 0 Å². The van der Waals surface area contributed by atoms with Gasteiger partial charge in [0.1, 0.15) is 0 Å². The largest absolute Gasteiger partial charge is 0.389 e. The second kappa shape index (κ2) is 6.19. The van der Waals surface area contributed by atoms with Gasteiger partial charge in [-0.2, -0.15) is 0 Å². The van der Waals surface area contributed by atoms with Gasteiger partial charge in [-0.1, -0.05) is 39.0 Å². The Balaban J connectivity index is 1.59. The van der Waals surface area contributed by atoms with Crippen molar-refractivity contribution in [3.8, 4) is 0 Å². The lowest BCUT2D eigenvalue weighted by Gasteiger charge is -2.29. The van der Waals surface area contributed by atoms with Crippen LogP contribution in [0.1, 0.15) is 64.7 Å². The van der Waals surface area contributed by atoms with Crippen LogP contribution < -0.4 is 5.32 Å². The zero-order valence-corrected chi connectivity index (χ0v) is 11.4. The first-order valence-electron chi connectivity index (χ1n) is 7.65. The molecule has 2 heteroatoms. The summed E-state index contributed by atoms with van der Waals surface area (Å²) in [6, 6.07) is 0. The Morgan fingerprint density at radius 1 is 1.06 bits per heavy atom. The predicted molar refractivity (Wildman–Crippen MR) is 72.0 cm³/mol. The minimum Gasteiger partial charge on any atom is -0.389 e. The maximum absolute atomic E-state index is 10.2. The zero-order valence-electron chi connectivity index (χ0n) is 11.4. The fourth-order valence-corrected chi connectivity index (χ4v) is 3.56. The average Bonchev–Trinajstić information content (AvgIpc) is 2.77. The van der Waals surface area contributed by atoms with Gasteiger partial charge in [-0.05, 0) is 44.1 Å². The third-order valence-electron chi connectivity index (χ3n) is 4.97. The van der Waals surface area contributed by atoms with Gasteiger partial charge in [-0.15, -0.1) is 0 Å². The van der Waals surface area contributed by atoms with E-state index >= 15 is 0 Å². The molecule has 2 aliphatic carbocycles. The summed E-state index contributed by atoms with van der Waals surface area (Å²) >= 11 is 0. The molecule has 2 N–H and O–H groups in total. The molecule has 2 fully saturated rings. The summed E-state index contributed by atoms with van der Waals surface area (Å²) in [5.41, 5.74) is -0.374. The number of nitrogens with one attached hydrogen (secondary N) is 1. The molecule has 0 aromatic rings.